The van der Waals surface area contributed by atoms with Gasteiger partial charge in [0.15, 0.2) is 0 Å². The fourth-order valence-corrected chi connectivity index (χ4v) is 3.80. The van der Waals surface area contributed by atoms with Gasteiger partial charge in [0.1, 0.15) is 11.6 Å². The highest BCUT2D eigenvalue weighted by molar-refractivity contribution is 5.89. The van der Waals surface area contributed by atoms with Crippen molar-refractivity contribution in [2.24, 2.45) is 5.92 Å². The first kappa shape index (κ1) is 19.9. The number of para-hydroxylation sites is 1. The molecule has 30 heavy (non-hydrogen) atoms. The lowest BCUT2D eigenvalue weighted by Crippen LogP contribution is -2.42. The highest BCUT2D eigenvalue weighted by Crippen LogP contribution is 2.24. The molecule has 1 N–H and O–H groups in total. The van der Waals surface area contributed by atoms with E-state index in [9.17, 15) is 14.4 Å². The van der Waals surface area contributed by atoms with Crippen LogP contribution in [0.15, 0.2) is 51.9 Å². The Kier molecular flexibility index (Phi) is 5.39. The second-order valence-corrected chi connectivity index (χ2v) is 7.84. The molecule has 3 aromatic rings. The van der Waals surface area contributed by atoms with Gasteiger partial charge in [0.25, 0.3) is 5.56 Å². The summed E-state index contributed by atoms with van der Waals surface area (Å²) in [6.07, 6.45) is 1.74. The molecule has 3 heterocycles. The monoisotopic (exact) mass is 408 g/mol. The standard InChI is InChI=1S/C22H24N4O4/c1-14(2)26(13-19-23-18-8-4-3-7-17(18)21(28)24-19)22(29)15-10-20(27)25(11-15)12-16-6-5-9-30-16/h3-9,14-15H,10-13H2,1-2H3,(H,23,24,28). The van der Waals surface area contributed by atoms with Crippen LogP contribution in [0.1, 0.15) is 31.9 Å². The van der Waals surface area contributed by atoms with Gasteiger partial charge in [-0.2, -0.15) is 0 Å². The van der Waals surface area contributed by atoms with Crippen molar-refractivity contribution in [3.05, 3.63) is 64.6 Å². The Bertz CT molecular complexity index is 1120. The molecule has 1 aliphatic rings. The lowest BCUT2D eigenvalue weighted by Gasteiger charge is -2.28. The molecule has 0 radical (unpaired) electrons. The number of hydrogen-bond donors (Lipinski definition) is 1. The quantitative estimate of drug-likeness (QED) is 0.675. The normalized spacial score (nSPS) is 16.6. The van der Waals surface area contributed by atoms with Crippen LogP contribution >= 0.6 is 0 Å². The molecule has 1 fully saturated rings. The summed E-state index contributed by atoms with van der Waals surface area (Å²) in [5, 5.41) is 0.513. The van der Waals surface area contributed by atoms with E-state index in [0.29, 0.717) is 35.6 Å². The highest BCUT2D eigenvalue weighted by atomic mass is 16.3. The zero-order valence-corrected chi connectivity index (χ0v) is 17.0. The van der Waals surface area contributed by atoms with Crippen molar-refractivity contribution in [2.75, 3.05) is 6.54 Å². The molecule has 0 bridgehead atoms. The number of aromatic nitrogens is 2. The van der Waals surface area contributed by atoms with Crippen LogP contribution in [0, 0.1) is 5.92 Å². The summed E-state index contributed by atoms with van der Waals surface area (Å²) >= 11 is 0. The average molecular weight is 408 g/mol. The number of furan rings is 1. The molecule has 156 valence electrons. The molecule has 2 amide bonds. The summed E-state index contributed by atoms with van der Waals surface area (Å²) in [4.78, 5) is 48.6. The lowest BCUT2D eigenvalue weighted by atomic mass is 10.1. The zero-order chi connectivity index (χ0) is 21.3. The summed E-state index contributed by atoms with van der Waals surface area (Å²) in [5.74, 6) is 0.511. The molecule has 1 saturated heterocycles. The van der Waals surface area contributed by atoms with Gasteiger partial charge in [0.2, 0.25) is 11.8 Å². The van der Waals surface area contributed by atoms with E-state index in [0.717, 1.165) is 0 Å². The first-order valence-electron chi connectivity index (χ1n) is 10.0. The topological polar surface area (TPSA) is 99.5 Å². The van der Waals surface area contributed by atoms with E-state index < -0.39 is 5.92 Å². The molecule has 4 rings (SSSR count). The fourth-order valence-electron chi connectivity index (χ4n) is 3.80. The number of H-pyrrole nitrogens is 1. The van der Waals surface area contributed by atoms with Crippen molar-refractivity contribution in [3.8, 4) is 0 Å². The van der Waals surface area contributed by atoms with Crippen LogP contribution < -0.4 is 5.56 Å². The first-order valence-corrected chi connectivity index (χ1v) is 10.0. The van der Waals surface area contributed by atoms with Gasteiger partial charge in [-0.05, 0) is 38.1 Å². The summed E-state index contributed by atoms with van der Waals surface area (Å²) in [6.45, 7) is 4.71. The van der Waals surface area contributed by atoms with Crippen LogP contribution in [-0.4, -0.2) is 44.2 Å². The Balaban J connectivity index is 1.51. The average Bonchev–Trinajstić information content (AvgIpc) is 3.36. The molecular weight excluding hydrogens is 384 g/mol. The maximum Gasteiger partial charge on any atom is 0.258 e. The Labute approximate surface area is 173 Å². The second kappa shape index (κ2) is 8.14. The number of aromatic amines is 1. The zero-order valence-electron chi connectivity index (χ0n) is 17.0. The van der Waals surface area contributed by atoms with Crippen LogP contribution in [0.4, 0.5) is 0 Å². The van der Waals surface area contributed by atoms with Gasteiger partial charge in [0.05, 0.1) is 36.2 Å². The van der Waals surface area contributed by atoms with E-state index in [1.807, 2.05) is 26.0 Å². The molecule has 0 spiro atoms. The van der Waals surface area contributed by atoms with Crippen molar-refractivity contribution in [2.45, 2.75) is 39.4 Å². The van der Waals surface area contributed by atoms with Gasteiger partial charge in [-0.3, -0.25) is 14.4 Å². The molecule has 0 saturated carbocycles. The Morgan fingerprint density at radius 1 is 1.27 bits per heavy atom. The van der Waals surface area contributed by atoms with Crippen molar-refractivity contribution in [3.63, 3.8) is 0 Å². The van der Waals surface area contributed by atoms with E-state index in [1.165, 1.54) is 0 Å². The maximum atomic E-state index is 13.2. The number of likely N-dealkylation sites (tertiary alicyclic amines) is 1. The fraction of sp³-hybridized carbons (Fsp3) is 0.364. The summed E-state index contributed by atoms with van der Waals surface area (Å²) in [6, 6.07) is 10.6. The number of hydrogen-bond acceptors (Lipinski definition) is 5. The van der Waals surface area contributed by atoms with E-state index in [-0.39, 0.29) is 36.4 Å². The molecule has 0 aliphatic carbocycles. The lowest BCUT2D eigenvalue weighted by molar-refractivity contribution is -0.138. The van der Waals surface area contributed by atoms with E-state index >= 15 is 0 Å². The molecule has 2 aromatic heterocycles. The van der Waals surface area contributed by atoms with E-state index in [1.54, 1.807) is 40.3 Å². The predicted octanol–water partition coefficient (Wildman–Crippen LogP) is 2.30. The van der Waals surface area contributed by atoms with Crippen LogP contribution in [0.5, 0.6) is 0 Å². The Morgan fingerprint density at radius 2 is 2.07 bits per heavy atom. The first-order chi connectivity index (χ1) is 14.4. The van der Waals surface area contributed by atoms with E-state index in [2.05, 4.69) is 9.97 Å². The SMILES string of the molecule is CC(C)N(Cc1nc2ccccc2c(=O)[nH]1)C(=O)C1CC(=O)N(Cc2ccco2)C1. The van der Waals surface area contributed by atoms with Gasteiger partial charge in [-0.1, -0.05) is 12.1 Å². The molecule has 1 aliphatic heterocycles. The number of amides is 2. The minimum absolute atomic E-state index is 0.0642. The third-order valence-corrected chi connectivity index (χ3v) is 5.38. The molecular formula is C22H24N4O4. The van der Waals surface area contributed by atoms with Crippen LogP contribution in [0.25, 0.3) is 10.9 Å². The van der Waals surface area contributed by atoms with Crippen LogP contribution in [-0.2, 0) is 22.7 Å². The number of nitrogens with zero attached hydrogens (tertiary/aromatic N) is 3. The Morgan fingerprint density at radius 3 is 2.80 bits per heavy atom. The van der Waals surface area contributed by atoms with Crippen molar-refractivity contribution < 1.29 is 14.0 Å². The molecule has 1 aromatic carbocycles. The number of carbonyl (C=O) groups excluding carboxylic acids is 2. The number of carbonyl (C=O) groups is 2. The van der Waals surface area contributed by atoms with Crippen molar-refractivity contribution in [1.82, 2.24) is 19.8 Å². The number of nitrogens with one attached hydrogen (secondary N) is 1. The largest absolute Gasteiger partial charge is 0.467 e. The summed E-state index contributed by atoms with van der Waals surface area (Å²) in [5.41, 5.74) is 0.362. The highest BCUT2D eigenvalue weighted by Gasteiger charge is 2.37. The third kappa shape index (κ3) is 3.98. The summed E-state index contributed by atoms with van der Waals surface area (Å²) in [7, 11) is 0. The van der Waals surface area contributed by atoms with Gasteiger partial charge < -0.3 is 19.2 Å². The van der Waals surface area contributed by atoms with Crippen molar-refractivity contribution >= 4 is 22.7 Å². The summed E-state index contributed by atoms with van der Waals surface area (Å²) < 4.78 is 5.32. The van der Waals surface area contributed by atoms with Crippen molar-refractivity contribution in [1.29, 1.82) is 0 Å². The van der Waals surface area contributed by atoms with E-state index in [4.69, 9.17) is 4.42 Å². The molecule has 8 nitrogen and oxygen atoms in total. The minimum Gasteiger partial charge on any atom is -0.467 e. The number of rotatable bonds is 6. The molecule has 1 atom stereocenters. The second-order valence-electron chi connectivity index (χ2n) is 7.84. The maximum absolute atomic E-state index is 13.2. The molecule has 8 heteroatoms. The third-order valence-electron chi connectivity index (χ3n) is 5.38. The number of benzene rings is 1. The van der Waals surface area contributed by atoms with Gasteiger partial charge in [-0.25, -0.2) is 4.98 Å². The van der Waals surface area contributed by atoms with Gasteiger partial charge >= 0.3 is 0 Å². The predicted molar refractivity (Wildman–Crippen MR) is 110 cm³/mol. The van der Waals surface area contributed by atoms with Crippen LogP contribution in [0.2, 0.25) is 0 Å². The smallest absolute Gasteiger partial charge is 0.258 e. The molecule has 1 unspecified atom stereocenters. The Hall–Kier alpha value is -3.42. The van der Waals surface area contributed by atoms with Crippen LogP contribution in [0.3, 0.4) is 0 Å². The van der Waals surface area contributed by atoms with Gasteiger partial charge in [-0.15, -0.1) is 0 Å². The minimum atomic E-state index is -0.429. The number of fused-ring (bicyclic) bond motifs is 1. The van der Waals surface area contributed by atoms with Gasteiger partial charge in [0, 0.05) is 19.0 Å².